The number of anilines is 2. The fourth-order valence-corrected chi connectivity index (χ4v) is 4.28. The first-order chi connectivity index (χ1) is 12.2. The Morgan fingerprint density at radius 1 is 1.24 bits per heavy atom. The van der Waals surface area contributed by atoms with Gasteiger partial charge in [-0.05, 0) is 36.1 Å². The van der Waals surface area contributed by atoms with E-state index in [2.05, 4.69) is 10.3 Å². The third-order valence-electron chi connectivity index (χ3n) is 3.99. The first-order valence-corrected chi connectivity index (χ1v) is 9.73. The second-order valence-electron chi connectivity index (χ2n) is 5.70. The molecule has 3 aromatic rings. The maximum Gasteiger partial charge on any atom is 0.275 e. The van der Waals surface area contributed by atoms with Crippen LogP contribution in [-0.4, -0.2) is 23.3 Å². The zero-order chi connectivity index (χ0) is 17.2. The predicted octanol–water partition coefficient (Wildman–Crippen LogP) is 4.25. The van der Waals surface area contributed by atoms with Crippen LogP contribution in [0.15, 0.2) is 46.5 Å². The molecule has 2 aromatic heterocycles. The minimum atomic E-state index is -0.248. The van der Waals surface area contributed by atoms with Crippen LogP contribution in [0.1, 0.15) is 23.3 Å². The second-order valence-corrected chi connectivity index (χ2v) is 7.34. The summed E-state index contributed by atoms with van der Waals surface area (Å²) in [4.78, 5) is 30.5. The number of aromatic nitrogens is 1. The Hall–Kier alpha value is -2.51. The van der Waals surface area contributed by atoms with Crippen molar-refractivity contribution in [3.8, 4) is 10.6 Å². The predicted molar refractivity (Wildman–Crippen MR) is 101 cm³/mol. The minimum absolute atomic E-state index is 0.128. The quantitative estimate of drug-likeness (QED) is 0.748. The number of nitrogens with zero attached hydrogens (tertiary/aromatic N) is 2. The summed E-state index contributed by atoms with van der Waals surface area (Å²) in [6.07, 6.45) is 1.46. The molecular formula is C18H15N3O2S2. The summed E-state index contributed by atoms with van der Waals surface area (Å²) in [5.74, 6) is -0.119. The number of nitrogens with one attached hydrogen (secondary N) is 1. The Labute approximate surface area is 152 Å². The van der Waals surface area contributed by atoms with Gasteiger partial charge in [0.1, 0.15) is 10.7 Å². The average Bonchev–Trinajstić information content (AvgIpc) is 3.36. The zero-order valence-electron chi connectivity index (χ0n) is 13.3. The molecule has 0 saturated carbocycles. The van der Waals surface area contributed by atoms with Crippen molar-refractivity contribution in [1.29, 1.82) is 0 Å². The van der Waals surface area contributed by atoms with E-state index in [1.165, 1.54) is 11.3 Å². The lowest BCUT2D eigenvalue weighted by Gasteiger charge is -2.16. The first kappa shape index (κ1) is 16.0. The fraction of sp³-hybridized carbons (Fsp3) is 0.167. The molecule has 1 aliphatic rings. The van der Waals surface area contributed by atoms with Gasteiger partial charge in [-0.25, -0.2) is 4.98 Å². The Bertz CT molecular complexity index is 918. The molecule has 1 saturated heterocycles. The Morgan fingerprint density at radius 3 is 2.92 bits per heavy atom. The summed E-state index contributed by atoms with van der Waals surface area (Å²) in [7, 11) is 0. The topological polar surface area (TPSA) is 62.3 Å². The van der Waals surface area contributed by atoms with Gasteiger partial charge in [-0.1, -0.05) is 6.07 Å². The summed E-state index contributed by atoms with van der Waals surface area (Å²) >= 11 is 3.05. The molecule has 3 heterocycles. The van der Waals surface area contributed by atoms with Gasteiger partial charge in [0, 0.05) is 40.7 Å². The highest BCUT2D eigenvalue weighted by molar-refractivity contribution is 7.14. The number of thiophene rings is 1. The standard InChI is InChI=1S/C18H15N3O2S2/c22-16-5-2-7-21(16)14-4-1-3-13(9-14)19-17(23)15-11-25-18(20-15)12-6-8-24-10-12/h1,3-4,6,8-11H,2,5,7H2,(H,19,23). The van der Waals surface area contributed by atoms with Gasteiger partial charge in [-0.2, -0.15) is 11.3 Å². The molecule has 1 fully saturated rings. The van der Waals surface area contributed by atoms with Gasteiger partial charge in [0.2, 0.25) is 5.91 Å². The first-order valence-electron chi connectivity index (χ1n) is 7.90. The lowest BCUT2D eigenvalue weighted by atomic mass is 10.2. The van der Waals surface area contributed by atoms with Gasteiger partial charge in [0.05, 0.1) is 0 Å². The van der Waals surface area contributed by atoms with E-state index in [4.69, 9.17) is 0 Å². The third-order valence-corrected chi connectivity index (χ3v) is 5.57. The van der Waals surface area contributed by atoms with Gasteiger partial charge in [-0.3, -0.25) is 9.59 Å². The maximum atomic E-state index is 12.4. The molecule has 0 spiro atoms. The number of benzene rings is 1. The van der Waals surface area contributed by atoms with E-state index in [-0.39, 0.29) is 11.8 Å². The van der Waals surface area contributed by atoms with Gasteiger partial charge >= 0.3 is 0 Å². The largest absolute Gasteiger partial charge is 0.321 e. The smallest absolute Gasteiger partial charge is 0.275 e. The SMILES string of the molecule is O=C(Nc1cccc(N2CCCC2=O)c1)c1csc(-c2ccsc2)n1. The van der Waals surface area contributed by atoms with E-state index < -0.39 is 0 Å². The van der Waals surface area contributed by atoms with Gasteiger partial charge in [0.25, 0.3) is 5.91 Å². The van der Waals surface area contributed by atoms with Crippen molar-refractivity contribution in [2.75, 3.05) is 16.8 Å². The molecule has 0 aliphatic carbocycles. The highest BCUT2D eigenvalue weighted by Crippen LogP contribution is 2.27. The fourth-order valence-electron chi connectivity index (χ4n) is 2.76. The van der Waals surface area contributed by atoms with Crippen LogP contribution in [0, 0.1) is 0 Å². The van der Waals surface area contributed by atoms with Crippen LogP contribution in [0.5, 0.6) is 0 Å². The summed E-state index contributed by atoms with van der Waals surface area (Å²) < 4.78 is 0. The molecule has 0 radical (unpaired) electrons. The third kappa shape index (κ3) is 3.33. The van der Waals surface area contributed by atoms with E-state index in [9.17, 15) is 9.59 Å². The molecule has 1 N–H and O–H groups in total. The number of amides is 2. The molecule has 0 unspecified atom stereocenters. The van der Waals surface area contributed by atoms with Gasteiger partial charge in [-0.15, -0.1) is 11.3 Å². The Balaban J connectivity index is 1.50. The molecule has 25 heavy (non-hydrogen) atoms. The Morgan fingerprint density at radius 2 is 2.16 bits per heavy atom. The normalized spacial score (nSPS) is 14.1. The summed E-state index contributed by atoms with van der Waals surface area (Å²) in [5, 5.41) is 9.46. The van der Waals surface area contributed by atoms with E-state index in [1.807, 2.05) is 41.1 Å². The van der Waals surface area contributed by atoms with Crippen LogP contribution in [0.2, 0.25) is 0 Å². The highest BCUT2D eigenvalue weighted by atomic mass is 32.1. The van der Waals surface area contributed by atoms with Gasteiger partial charge in [0.15, 0.2) is 0 Å². The van der Waals surface area contributed by atoms with Crippen LogP contribution in [0.4, 0.5) is 11.4 Å². The number of carbonyl (C=O) groups is 2. The maximum absolute atomic E-state index is 12.4. The molecule has 7 heteroatoms. The highest BCUT2D eigenvalue weighted by Gasteiger charge is 2.22. The number of thiazole rings is 1. The molecule has 0 atom stereocenters. The van der Waals surface area contributed by atoms with E-state index in [0.717, 1.165) is 29.2 Å². The van der Waals surface area contributed by atoms with Crippen molar-refractivity contribution in [3.63, 3.8) is 0 Å². The Kier molecular flexibility index (Phi) is 4.33. The van der Waals surface area contributed by atoms with Crippen LogP contribution in [-0.2, 0) is 4.79 Å². The summed E-state index contributed by atoms with van der Waals surface area (Å²) in [6, 6.07) is 9.36. The van der Waals surface area contributed by atoms with Gasteiger partial charge < -0.3 is 10.2 Å². The van der Waals surface area contributed by atoms with Crippen molar-refractivity contribution < 1.29 is 9.59 Å². The van der Waals surface area contributed by atoms with Crippen molar-refractivity contribution in [2.45, 2.75) is 12.8 Å². The number of hydrogen-bond donors (Lipinski definition) is 1. The zero-order valence-corrected chi connectivity index (χ0v) is 14.9. The van der Waals surface area contributed by atoms with Crippen molar-refractivity contribution >= 4 is 45.9 Å². The molecule has 126 valence electrons. The molecule has 5 nitrogen and oxygen atoms in total. The van der Waals surface area contributed by atoms with Crippen LogP contribution in [0.25, 0.3) is 10.6 Å². The number of rotatable bonds is 4. The molecule has 1 aromatic carbocycles. The van der Waals surface area contributed by atoms with Crippen molar-refractivity contribution in [3.05, 3.63) is 52.2 Å². The average molecular weight is 369 g/mol. The van der Waals surface area contributed by atoms with E-state index >= 15 is 0 Å². The minimum Gasteiger partial charge on any atom is -0.321 e. The molecular weight excluding hydrogens is 354 g/mol. The van der Waals surface area contributed by atoms with Crippen LogP contribution < -0.4 is 10.2 Å². The van der Waals surface area contributed by atoms with E-state index in [0.29, 0.717) is 17.8 Å². The van der Waals surface area contributed by atoms with Crippen molar-refractivity contribution in [2.24, 2.45) is 0 Å². The van der Waals surface area contributed by atoms with Crippen molar-refractivity contribution in [1.82, 2.24) is 4.98 Å². The number of carbonyl (C=O) groups excluding carboxylic acids is 2. The number of hydrogen-bond acceptors (Lipinski definition) is 5. The summed E-state index contributed by atoms with van der Waals surface area (Å²) in [6.45, 7) is 0.728. The lowest BCUT2D eigenvalue weighted by molar-refractivity contribution is -0.117. The lowest BCUT2D eigenvalue weighted by Crippen LogP contribution is -2.23. The molecule has 0 bridgehead atoms. The molecule has 4 rings (SSSR count). The monoisotopic (exact) mass is 369 g/mol. The summed E-state index contributed by atoms with van der Waals surface area (Å²) in [5.41, 5.74) is 2.90. The molecule has 1 aliphatic heterocycles. The van der Waals surface area contributed by atoms with Crippen LogP contribution >= 0.6 is 22.7 Å². The van der Waals surface area contributed by atoms with Crippen LogP contribution in [0.3, 0.4) is 0 Å². The van der Waals surface area contributed by atoms with E-state index in [1.54, 1.807) is 21.6 Å². The second kappa shape index (κ2) is 6.78. The molecule has 2 amide bonds.